The van der Waals surface area contributed by atoms with Gasteiger partial charge in [-0.1, -0.05) is 25.5 Å². The summed E-state index contributed by atoms with van der Waals surface area (Å²) in [5.41, 5.74) is 3.03. The summed E-state index contributed by atoms with van der Waals surface area (Å²) in [6.45, 7) is 10.3. The highest BCUT2D eigenvalue weighted by Gasteiger charge is 2.12. The Labute approximate surface area is 133 Å². The molecule has 0 atom stereocenters. The SMILES string of the molecule is CCN(CC)CCCNC(=O)c1cc2cc(C)ccc2n1C. The van der Waals surface area contributed by atoms with Gasteiger partial charge in [-0.25, -0.2) is 0 Å². The Hall–Kier alpha value is -1.81. The lowest BCUT2D eigenvalue weighted by Crippen LogP contribution is -2.30. The highest BCUT2D eigenvalue weighted by Crippen LogP contribution is 2.20. The van der Waals surface area contributed by atoms with Gasteiger partial charge < -0.3 is 14.8 Å². The molecule has 4 heteroatoms. The third-order valence-corrected chi connectivity index (χ3v) is 4.26. The van der Waals surface area contributed by atoms with Crippen LogP contribution in [0, 0.1) is 6.92 Å². The van der Waals surface area contributed by atoms with Gasteiger partial charge in [-0.3, -0.25) is 4.79 Å². The number of benzene rings is 1. The number of carbonyl (C=O) groups excluding carboxylic acids is 1. The predicted molar refractivity (Wildman–Crippen MR) is 92.4 cm³/mol. The fourth-order valence-corrected chi connectivity index (χ4v) is 2.82. The van der Waals surface area contributed by atoms with Crippen LogP contribution in [0.2, 0.25) is 0 Å². The van der Waals surface area contributed by atoms with Crippen molar-refractivity contribution in [3.05, 3.63) is 35.5 Å². The smallest absolute Gasteiger partial charge is 0.267 e. The van der Waals surface area contributed by atoms with Crippen LogP contribution in [0.25, 0.3) is 10.9 Å². The number of nitrogens with zero attached hydrogens (tertiary/aromatic N) is 2. The fraction of sp³-hybridized carbons (Fsp3) is 0.500. The summed E-state index contributed by atoms with van der Waals surface area (Å²) in [6, 6.07) is 8.24. The summed E-state index contributed by atoms with van der Waals surface area (Å²) in [7, 11) is 1.95. The zero-order chi connectivity index (χ0) is 16.1. The van der Waals surface area contributed by atoms with E-state index in [4.69, 9.17) is 0 Å². The number of nitrogens with one attached hydrogen (secondary N) is 1. The van der Waals surface area contributed by atoms with Crippen LogP contribution in [0.5, 0.6) is 0 Å². The van der Waals surface area contributed by atoms with E-state index in [-0.39, 0.29) is 5.91 Å². The van der Waals surface area contributed by atoms with Crippen LogP contribution in [-0.4, -0.2) is 41.6 Å². The van der Waals surface area contributed by atoms with E-state index >= 15 is 0 Å². The maximum Gasteiger partial charge on any atom is 0.267 e. The van der Waals surface area contributed by atoms with Gasteiger partial charge in [0.25, 0.3) is 5.91 Å². The molecule has 0 unspecified atom stereocenters. The van der Waals surface area contributed by atoms with E-state index in [0.717, 1.165) is 49.2 Å². The van der Waals surface area contributed by atoms with Crippen molar-refractivity contribution in [1.29, 1.82) is 0 Å². The van der Waals surface area contributed by atoms with Gasteiger partial charge in [0.1, 0.15) is 5.69 Å². The fourth-order valence-electron chi connectivity index (χ4n) is 2.82. The molecule has 0 spiro atoms. The number of aryl methyl sites for hydroxylation is 2. The molecule has 4 nitrogen and oxygen atoms in total. The zero-order valence-electron chi connectivity index (χ0n) is 14.1. The van der Waals surface area contributed by atoms with Gasteiger partial charge in [0.05, 0.1) is 0 Å². The van der Waals surface area contributed by atoms with Gasteiger partial charge >= 0.3 is 0 Å². The van der Waals surface area contributed by atoms with E-state index in [1.165, 1.54) is 5.56 Å². The average Bonchev–Trinajstić information content (AvgIpc) is 2.83. The molecule has 1 amide bonds. The number of fused-ring (bicyclic) bond motifs is 1. The van der Waals surface area contributed by atoms with Crippen molar-refractivity contribution in [2.75, 3.05) is 26.2 Å². The monoisotopic (exact) mass is 301 g/mol. The molecule has 0 aliphatic carbocycles. The molecule has 1 aromatic heterocycles. The second kappa shape index (κ2) is 7.45. The van der Waals surface area contributed by atoms with Gasteiger partial charge in [0.15, 0.2) is 0 Å². The molecule has 0 bridgehead atoms. The zero-order valence-corrected chi connectivity index (χ0v) is 14.1. The van der Waals surface area contributed by atoms with E-state index in [0.29, 0.717) is 0 Å². The molecule has 0 radical (unpaired) electrons. The molecule has 1 aromatic carbocycles. The Kier molecular flexibility index (Phi) is 5.61. The molecule has 1 N–H and O–H groups in total. The van der Waals surface area contributed by atoms with Crippen molar-refractivity contribution in [3.63, 3.8) is 0 Å². The Morgan fingerprint density at radius 3 is 2.64 bits per heavy atom. The number of hydrogen-bond donors (Lipinski definition) is 1. The molecular formula is C18H27N3O. The molecule has 0 saturated carbocycles. The van der Waals surface area contributed by atoms with E-state index in [9.17, 15) is 4.79 Å². The lowest BCUT2D eigenvalue weighted by atomic mass is 10.2. The molecule has 120 valence electrons. The molecule has 0 aliphatic rings. The Morgan fingerprint density at radius 2 is 1.95 bits per heavy atom. The van der Waals surface area contributed by atoms with Crippen molar-refractivity contribution in [2.45, 2.75) is 27.2 Å². The molecular weight excluding hydrogens is 274 g/mol. The van der Waals surface area contributed by atoms with E-state index < -0.39 is 0 Å². The summed E-state index contributed by atoms with van der Waals surface area (Å²) < 4.78 is 1.97. The molecule has 0 saturated heterocycles. The van der Waals surface area contributed by atoms with Crippen molar-refractivity contribution in [3.8, 4) is 0 Å². The largest absolute Gasteiger partial charge is 0.351 e. The van der Waals surface area contributed by atoms with Gasteiger partial charge in [0.2, 0.25) is 0 Å². The van der Waals surface area contributed by atoms with Crippen LogP contribution in [-0.2, 0) is 7.05 Å². The third kappa shape index (κ3) is 3.69. The minimum atomic E-state index is 0.0101. The molecule has 0 aliphatic heterocycles. The first-order valence-corrected chi connectivity index (χ1v) is 8.13. The normalized spacial score (nSPS) is 11.3. The summed E-state index contributed by atoms with van der Waals surface area (Å²) in [6.07, 6.45) is 0.983. The minimum Gasteiger partial charge on any atom is -0.351 e. The number of aromatic nitrogens is 1. The van der Waals surface area contributed by atoms with Crippen LogP contribution < -0.4 is 5.32 Å². The molecule has 2 aromatic rings. The second-order valence-corrected chi connectivity index (χ2v) is 5.79. The lowest BCUT2D eigenvalue weighted by Gasteiger charge is -2.17. The summed E-state index contributed by atoms with van der Waals surface area (Å²) >= 11 is 0. The Bertz CT molecular complexity index is 641. The molecule has 1 heterocycles. The predicted octanol–water partition coefficient (Wildman–Crippen LogP) is 2.95. The number of rotatable bonds is 7. The number of carbonyl (C=O) groups is 1. The summed E-state index contributed by atoms with van der Waals surface area (Å²) in [4.78, 5) is 14.7. The first-order valence-electron chi connectivity index (χ1n) is 8.13. The first-order chi connectivity index (χ1) is 10.6. The van der Waals surface area contributed by atoms with Gasteiger partial charge in [-0.15, -0.1) is 0 Å². The van der Waals surface area contributed by atoms with E-state index in [2.05, 4.69) is 49.2 Å². The molecule has 22 heavy (non-hydrogen) atoms. The van der Waals surface area contributed by atoms with Gasteiger partial charge in [-0.05, 0) is 51.2 Å². The van der Waals surface area contributed by atoms with Crippen molar-refractivity contribution in [1.82, 2.24) is 14.8 Å². The summed E-state index contributed by atoms with van der Waals surface area (Å²) in [5, 5.41) is 4.15. The minimum absolute atomic E-state index is 0.0101. The third-order valence-electron chi connectivity index (χ3n) is 4.26. The highest BCUT2D eigenvalue weighted by molar-refractivity contribution is 5.98. The lowest BCUT2D eigenvalue weighted by molar-refractivity contribution is 0.0944. The van der Waals surface area contributed by atoms with Crippen molar-refractivity contribution >= 4 is 16.8 Å². The van der Waals surface area contributed by atoms with Gasteiger partial charge in [-0.2, -0.15) is 0 Å². The molecule has 2 rings (SSSR count). The topological polar surface area (TPSA) is 37.3 Å². The quantitative estimate of drug-likeness (QED) is 0.798. The molecule has 0 fully saturated rings. The standard InChI is InChI=1S/C18H27N3O/c1-5-21(6-2)11-7-10-19-18(22)17-13-15-12-14(3)8-9-16(15)20(17)4/h8-9,12-13H,5-7,10-11H2,1-4H3,(H,19,22). The van der Waals surface area contributed by atoms with Crippen LogP contribution >= 0.6 is 0 Å². The van der Waals surface area contributed by atoms with Crippen molar-refractivity contribution in [2.24, 2.45) is 7.05 Å². The van der Waals surface area contributed by atoms with Crippen molar-refractivity contribution < 1.29 is 4.79 Å². The number of amides is 1. The number of hydrogen-bond acceptors (Lipinski definition) is 2. The summed E-state index contributed by atoms with van der Waals surface area (Å²) in [5.74, 6) is 0.0101. The maximum atomic E-state index is 12.4. The van der Waals surface area contributed by atoms with Crippen LogP contribution in [0.15, 0.2) is 24.3 Å². The first kappa shape index (κ1) is 16.6. The highest BCUT2D eigenvalue weighted by atomic mass is 16.1. The van der Waals surface area contributed by atoms with Gasteiger partial charge in [0, 0.05) is 24.5 Å². The van der Waals surface area contributed by atoms with Crippen LogP contribution in [0.4, 0.5) is 0 Å². The van der Waals surface area contributed by atoms with Crippen LogP contribution in [0.3, 0.4) is 0 Å². The Balaban J connectivity index is 1.97. The van der Waals surface area contributed by atoms with E-state index in [1.807, 2.05) is 17.7 Å². The maximum absolute atomic E-state index is 12.4. The Morgan fingerprint density at radius 1 is 1.23 bits per heavy atom. The average molecular weight is 301 g/mol. The second-order valence-electron chi connectivity index (χ2n) is 5.79. The van der Waals surface area contributed by atoms with E-state index in [1.54, 1.807) is 0 Å². The van der Waals surface area contributed by atoms with Crippen LogP contribution in [0.1, 0.15) is 36.3 Å².